The molecule has 0 aliphatic carbocycles. The molecule has 2 aromatic heterocycles. The van der Waals surface area contributed by atoms with Crippen LogP contribution in [0, 0.1) is 12.8 Å². The molecule has 1 atom stereocenters. The Bertz CT molecular complexity index is 994. The molecule has 1 amide bonds. The maximum atomic E-state index is 12.7. The molecule has 8 heteroatoms. The molecule has 1 aromatic carbocycles. The zero-order valence-electron chi connectivity index (χ0n) is 16.2. The van der Waals surface area contributed by atoms with E-state index in [1.807, 2.05) is 32.9 Å². The number of alkyl halides is 3. The molecule has 3 rings (SSSR count). The lowest BCUT2D eigenvalue weighted by Gasteiger charge is -2.23. The van der Waals surface area contributed by atoms with Crippen LogP contribution in [-0.2, 0) is 6.18 Å². The number of hydrogen-bond donors (Lipinski definition) is 1. The SMILES string of the molecule is Cc1cccnc1C(NC(=O)c1ccc(-n2ccc(C(F)(F)F)n2)cc1)C(C)C. The first-order valence-electron chi connectivity index (χ1n) is 9.12. The van der Waals surface area contributed by atoms with Gasteiger partial charge in [0.15, 0.2) is 5.69 Å². The van der Waals surface area contributed by atoms with Gasteiger partial charge in [-0.3, -0.25) is 9.78 Å². The lowest BCUT2D eigenvalue weighted by Crippen LogP contribution is -2.32. The molecule has 29 heavy (non-hydrogen) atoms. The second-order valence-corrected chi connectivity index (χ2v) is 7.09. The molecule has 0 spiro atoms. The van der Waals surface area contributed by atoms with Gasteiger partial charge in [-0.15, -0.1) is 0 Å². The van der Waals surface area contributed by atoms with E-state index in [2.05, 4.69) is 15.4 Å². The first-order valence-corrected chi connectivity index (χ1v) is 9.12. The molecule has 2 heterocycles. The van der Waals surface area contributed by atoms with Crippen molar-refractivity contribution in [1.29, 1.82) is 0 Å². The Hall–Kier alpha value is -3.16. The van der Waals surface area contributed by atoms with Crippen LogP contribution >= 0.6 is 0 Å². The number of nitrogens with one attached hydrogen (secondary N) is 1. The predicted molar refractivity (Wildman–Crippen MR) is 103 cm³/mol. The van der Waals surface area contributed by atoms with Crippen LogP contribution in [0.25, 0.3) is 5.69 Å². The van der Waals surface area contributed by atoms with Crippen molar-refractivity contribution in [3.8, 4) is 5.69 Å². The van der Waals surface area contributed by atoms with E-state index in [0.717, 1.165) is 22.0 Å². The van der Waals surface area contributed by atoms with Gasteiger partial charge in [0, 0.05) is 18.0 Å². The second kappa shape index (κ2) is 8.06. The summed E-state index contributed by atoms with van der Waals surface area (Å²) in [7, 11) is 0. The normalized spacial score (nSPS) is 12.8. The zero-order chi connectivity index (χ0) is 21.2. The molecule has 0 bridgehead atoms. The first-order chi connectivity index (χ1) is 13.7. The summed E-state index contributed by atoms with van der Waals surface area (Å²) in [4.78, 5) is 17.1. The third-order valence-electron chi connectivity index (χ3n) is 4.57. The minimum absolute atomic E-state index is 0.122. The summed E-state index contributed by atoms with van der Waals surface area (Å²) >= 11 is 0. The van der Waals surface area contributed by atoms with E-state index in [0.29, 0.717) is 11.3 Å². The number of pyridine rings is 1. The quantitative estimate of drug-likeness (QED) is 0.672. The maximum absolute atomic E-state index is 12.7. The van der Waals surface area contributed by atoms with Crippen molar-refractivity contribution in [3.63, 3.8) is 0 Å². The summed E-state index contributed by atoms with van der Waals surface area (Å²) in [6.45, 7) is 5.94. The van der Waals surface area contributed by atoms with E-state index in [9.17, 15) is 18.0 Å². The van der Waals surface area contributed by atoms with Gasteiger partial charge >= 0.3 is 6.18 Å². The minimum Gasteiger partial charge on any atom is -0.343 e. The average molecular weight is 402 g/mol. The van der Waals surface area contributed by atoms with E-state index in [1.54, 1.807) is 30.5 Å². The summed E-state index contributed by atoms with van der Waals surface area (Å²) in [5.41, 5.74) is 1.66. The number of rotatable bonds is 5. The molecule has 0 saturated carbocycles. The third kappa shape index (κ3) is 4.64. The maximum Gasteiger partial charge on any atom is 0.435 e. The second-order valence-electron chi connectivity index (χ2n) is 7.09. The largest absolute Gasteiger partial charge is 0.435 e. The van der Waals surface area contributed by atoms with Crippen molar-refractivity contribution in [2.24, 2.45) is 5.92 Å². The van der Waals surface area contributed by atoms with Crippen LogP contribution in [0.5, 0.6) is 0 Å². The van der Waals surface area contributed by atoms with E-state index in [4.69, 9.17) is 0 Å². The van der Waals surface area contributed by atoms with Gasteiger partial charge < -0.3 is 5.32 Å². The van der Waals surface area contributed by atoms with Gasteiger partial charge in [-0.25, -0.2) is 4.68 Å². The number of carbonyl (C=O) groups is 1. The molecule has 3 aromatic rings. The molecule has 152 valence electrons. The Labute approximate surface area is 166 Å². The summed E-state index contributed by atoms with van der Waals surface area (Å²) < 4.78 is 39.2. The Morgan fingerprint density at radius 2 is 1.79 bits per heavy atom. The molecule has 0 radical (unpaired) electrons. The molecular formula is C21H21F3N4O. The molecule has 0 aliphatic heterocycles. The summed E-state index contributed by atoms with van der Waals surface area (Å²) in [6, 6.07) is 10.7. The highest BCUT2D eigenvalue weighted by molar-refractivity contribution is 5.94. The third-order valence-corrected chi connectivity index (χ3v) is 4.57. The average Bonchev–Trinajstić information content (AvgIpc) is 3.17. The van der Waals surface area contributed by atoms with Crippen LogP contribution < -0.4 is 5.32 Å². The highest BCUT2D eigenvalue weighted by Crippen LogP contribution is 2.28. The van der Waals surface area contributed by atoms with Crippen molar-refractivity contribution in [3.05, 3.63) is 77.4 Å². The number of benzene rings is 1. The van der Waals surface area contributed by atoms with Gasteiger partial charge in [0.25, 0.3) is 5.91 Å². The number of aromatic nitrogens is 3. The van der Waals surface area contributed by atoms with Gasteiger partial charge in [0.05, 0.1) is 17.4 Å². The fraction of sp³-hybridized carbons (Fsp3) is 0.286. The molecule has 5 nitrogen and oxygen atoms in total. The van der Waals surface area contributed by atoms with Crippen molar-refractivity contribution >= 4 is 5.91 Å². The topological polar surface area (TPSA) is 59.8 Å². The number of halogens is 3. The Kier molecular flexibility index (Phi) is 5.72. The van der Waals surface area contributed by atoms with Gasteiger partial charge in [0.1, 0.15) is 0 Å². The number of hydrogen-bond acceptors (Lipinski definition) is 3. The van der Waals surface area contributed by atoms with Crippen LogP contribution in [-0.4, -0.2) is 20.7 Å². The van der Waals surface area contributed by atoms with E-state index in [1.165, 1.54) is 6.20 Å². The summed E-state index contributed by atoms with van der Waals surface area (Å²) in [5.74, 6) is -0.159. The molecule has 0 saturated heterocycles. The van der Waals surface area contributed by atoms with Crippen LogP contribution in [0.3, 0.4) is 0 Å². The molecule has 1 N–H and O–H groups in total. The van der Waals surface area contributed by atoms with Gasteiger partial charge in [0.2, 0.25) is 0 Å². The van der Waals surface area contributed by atoms with Crippen molar-refractivity contribution in [2.45, 2.75) is 33.0 Å². The standard InChI is InChI=1S/C21H21F3N4O/c1-13(2)18(19-14(3)5-4-11-25-19)26-20(29)15-6-8-16(9-7-15)28-12-10-17(27-28)21(22,23)24/h4-13,18H,1-3H3,(H,26,29). The highest BCUT2D eigenvalue weighted by atomic mass is 19.4. The van der Waals surface area contributed by atoms with E-state index >= 15 is 0 Å². The first kappa shape index (κ1) is 20.6. The fourth-order valence-electron chi connectivity index (χ4n) is 2.98. The number of nitrogens with zero attached hydrogens (tertiary/aromatic N) is 3. The lowest BCUT2D eigenvalue weighted by atomic mass is 9.97. The fourth-order valence-corrected chi connectivity index (χ4v) is 2.98. The minimum atomic E-state index is -4.50. The van der Waals surface area contributed by atoms with E-state index < -0.39 is 11.9 Å². The smallest absolute Gasteiger partial charge is 0.343 e. The zero-order valence-corrected chi connectivity index (χ0v) is 16.2. The summed E-state index contributed by atoms with van der Waals surface area (Å²) in [6.07, 6.45) is -1.57. The lowest BCUT2D eigenvalue weighted by molar-refractivity contribution is -0.141. The van der Waals surface area contributed by atoms with Crippen molar-refractivity contribution in [1.82, 2.24) is 20.1 Å². The monoisotopic (exact) mass is 402 g/mol. The van der Waals surface area contributed by atoms with Crippen LogP contribution in [0.4, 0.5) is 13.2 Å². The van der Waals surface area contributed by atoms with Crippen molar-refractivity contribution < 1.29 is 18.0 Å². The van der Waals surface area contributed by atoms with Gasteiger partial charge in [-0.2, -0.15) is 18.3 Å². The Morgan fingerprint density at radius 1 is 1.10 bits per heavy atom. The van der Waals surface area contributed by atoms with E-state index in [-0.39, 0.29) is 17.9 Å². The molecule has 0 fully saturated rings. The summed E-state index contributed by atoms with van der Waals surface area (Å²) in [5, 5.41) is 6.53. The van der Waals surface area contributed by atoms with Crippen LogP contribution in [0.15, 0.2) is 54.9 Å². The van der Waals surface area contributed by atoms with Crippen LogP contribution in [0.1, 0.15) is 47.2 Å². The predicted octanol–water partition coefficient (Wildman–Crippen LogP) is 4.72. The van der Waals surface area contributed by atoms with Crippen LogP contribution in [0.2, 0.25) is 0 Å². The Morgan fingerprint density at radius 3 is 2.34 bits per heavy atom. The van der Waals surface area contributed by atoms with Gasteiger partial charge in [-0.05, 0) is 54.8 Å². The molecule has 1 unspecified atom stereocenters. The molecular weight excluding hydrogens is 381 g/mol. The number of carbonyl (C=O) groups excluding carboxylic acids is 1. The molecule has 0 aliphatic rings. The number of amides is 1. The highest BCUT2D eigenvalue weighted by Gasteiger charge is 2.33. The van der Waals surface area contributed by atoms with Crippen molar-refractivity contribution in [2.75, 3.05) is 0 Å². The van der Waals surface area contributed by atoms with Gasteiger partial charge in [-0.1, -0.05) is 19.9 Å². The Balaban J connectivity index is 1.78. The number of aryl methyl sites for hydroxylation is 1.